The van der Waals surface area contributed by atoms with E-state index >= 15 is 0 Å². The van der Waals surface area contributed by atoms with Gasteiger partial charge in [-0.25, -0.2) is 4.98 Å². The van der Waals surface area contributed by atoms with Gasteiger partial charge in [0, 0.05) is 9.35 Å². The molecule has 0 saturated carbocycles. The van der Waals surface area contributed by atoms with Crippen LogP contribution in [0.5, 0.6) is 11.6 Å². The van der Waals surface area contributed by atoms with Crippen LogP contribution in [0.2, 0.25) is 5.28 Å². The normalized spacial score (nSPS) is 11.1. The Morgan fingerprint density at radius 1 is 1.10 bits per heavy atom. The number of fused-ring (bicyclic) bond motifs is 1. The average molecular weight is 384 g/mol. The SMILES string of the molecule is Cc1cc2c(Oc3cc(C)c(Br)c(C)c3)nc(Cl)nc2s1. The molecule has 0 aliphatic rings. The maximum absolute atomic E-state index is 5.98. The quantitative estimate of drug-likeness (QED) is 0.523. The fraction of sp³-hybridized carbons (Fsp3) is 0.200. The zero-order valence-corrected chi connectivity index (χ0v) is 14.9. The first-order valence-corrected chi connectivity index (χ1v) is 8.31. The summed E-state index contributed by atoms with van der Waals surface area (Å²) in [5.74, 6) is 1.24. The Labute approximate surface area is 140 Å². The third-order valence-electron chi connectivity index (χ3n) is 3.08. The second kappa shape index (κ2) is 5.55. The predicted octanol–water partition coefficient (Wildman–Crippen LogP) is 5.82. The van der Waals surface area contributed by atoms with Crippen LogP contribution in [0, 0.1) is 20.8 Å². The molecule has 3 nitrogen and oxygen atoms in total. The number of ether oxygens (including phenoxy) is 1. The third kappa shape index (κ3) is 2.91. The molecule has 0 saturated heterocycles. The van der Waals surface area contributed by atoms with Gasteiger partial charge < -0.3 is 4.74 Å². The average Bonchev–Trinajstić information content (AvgIpc) is 2.76. The van der Waals surface area contributed by atoms with Crippen molar-refractivity contribution in [2.45, 2.75) is 20.8 Å². The van der Waals surface area contributed by atoms with Crippen molar-refractivity contribution in [2.24, 2.45) is 0 Å². The molecule has 0 radical (unpaired) electrons. The molecule has 1 aromatic carbocycles. The van der Waals surface area contributed by atoms with Crippen molar-refractivity contribution >= 4 is 49.1 Å². The van der Waals surface area contributed by atoms with E-state index < -0.39 is 0 Å². The smallest absolute Gasteiger partial charge is 0.232 e. The molecule has 0 bridgehead atoms. The van der Waals surface area contributed by atoms with Gasteiger partial charge in [0.15, 0.2) is 0 Å². The van der Waals surface area contributed by atoms with E-state index in [0.717, 1.165) is 36.4 Å². The van der Waals surface area contributed by atoms with Crippen LogP contribution in [0.4, 0.5) is 0 Å². The van der Waals surface area contributed by atoms with Crippen LogP contribution < -0.4 is 4.74 Å². The van der Waals surface area contributed by atoms with Crippen LogP contribution in [0.25, 0.3) is 10.2 Å². The topological polar surface area (TPSA) is 35.0 Å². The summed E-state index contributed by atoms with van der Waals surface area (Å²) in [6.07, 6.45) is 0. The minimum absolute atomic E-state index is 0.199. The molecule has 2 aromatic heterocycles. The molecule has 3 rings (SSSR count). The van der Waals surface area contributed by atoms with Gasteiger partial charge in [0.2, 0.25) is 11.2 Å². The van der Waals surface area contributed by atoms with Gasteiger partial charge in [-0.2, -0.15) is 4.98 Å². The highest BCUT2D eigenvalue weighted by molar-refractivity contribution is 9.10. The van der Waals surface area contributed by atoms with Gasteiger partial charge in [-0.05, 0) is 61.7 Å². The van der Waals surface area contributed by atoms with E-state index in [1.807, 2.05) is 39.0 Å². The van der Waals surface area contributed by atoms with E-state index in [4.69, 9.17) is 16.3 Å². The summed E-state index contributed by atoms with van der Waals surface area (Å²) >= 11 is 11.1. The van der Waals surface area contributed by atoms with Gasteiger partial charge in [0.25, 0.3) is 0 Å². The van der Waals surface area contributed by atoms with Crippen molar-refractivity contribution in [1.82, 2.24) is 9.97 Å². The summed E-state index contributed by atoms with van der Waals surface area (Å²) in [4.78, 5) is 10.4. The molecular formula is C15H12BrClN2OS. The van der Waals surface area contributed by atoms with Gasteiger partial charge in [-0.3, -0.25) is 0 Å². The lowest BCUT2D eigenvalue weighted by Gasteiger charge is -2.10. The first kappa shape index (κ1) is 14.8. The summed E-state index contributed by atoms with van der Waals surface area (Å²) in [6.45, 7) is 6.08. The van der Waals surface area contributed by atoms with Gasteiger partial charge in [-0.15, -0.1) is 11.3 Å². The number of hydrogen-bond donors (Lipinski definition) is 0. The highest BCUT2D eigenvalue weighted by atomic mass is 79.9. The molecule has 0 spiro atoms. The minimum atomic E-state index is 0.199. The molecular weight excluding hydrogens is 372 g/mol. The lowest BCUT2D eigenvalue weighted by Crippen LogP contribution is -1.93. The first-order chi connectivity index (χ1) is 9.94. The van der Waals surface area contributed by atoms with Crippen LogP contribution in [0.1, 0.15) is 16.0 Å². The van der Waals surface area contributed by atoms with Crippen molar-refractivity contribution in [3.05, 3.63) is 44.0 Å². The predicted molar refractivity (Wildman–Crippen MR) is 90.9 cm³/mol. The van der Waals surface area contributed by atoms with Crippen molar-refractivity contribution < 1.29 is 4.74 Å². The number of aromatic nitrogens is 2. The summed E-state index contributed by atoms with van der Waals surface area (Å²) < 4.78 is 7.04. The molecule has 0 atom stereocenters. The number of rotatable bonds is 2. The Morgan fingerprint density at radius 2 is 1.76 bits per heavy atom. The van der Waals surface area contributed by atoms with Gasteiger partial charge in [0.1, 0.15) is 10.6 Å². The molecule has 0 unspecified atom stereocenters. The van der Waals surface area contributed by atoms with Crippen LogP contribution in [-0.4, -0.2) is 9.97 Å². The molecule has 0 aliphatic carbocycles. The number of aryl methyl sites for hydroxylation is 3. The Kier molecular flexibility index (Phi) is 3.90. The van der Waals surface area contributed by atoms with E-state index in [1.165, 1.54) is 0 Å². The second-order valence-electron chi connectivity index (χ2n) is 4.85. The highest BCUT2D eigenvalue weighted by Crippen LogP contribution is 2.35. The number of benzene rings is 1. The Morgan fingerprint density at radius 3 is 2.43 bits per heavy atom. The maximum Gasteiger partial charge on any atom is 0.232 e. The number of thiophene rings is 1. The summed E-state index contributed by atoms with van der Waals surface area (Å²) in [6, 6.07) is 5.96. The summed E-state index contributed by atoms with van der Waals surface area (Å²) in [5, 5.41) is 1.09. The second-order valence-corrected chi connectivity index (χ2v) is 7.21. The lowest BCUT2D eigenvalue weighted by atomic mass is 10.1. The monoisotopic (exact) mass is 382 g/mol. The Bertz CT molecular complexity index is 824. The Balaban J connectivity index is 2.09. The molecule has 108 valence electrons. The number of nitrogens with zero attached hydrogens (tertiary/aromatic N) is 2. The summed E-state index contributed by atoms with van der Waals surface area (Å²) in [7, 11) is 0. The van der Waals surface area contributed by atoms with E-state index in [1.54, 1.807) is 11.3 Å². The van der Waals surface area contributed by atoms with E-state index in [-0.39, 0.29) is 5.28 Å². The van der Waals surface area contributed by atoms with Gasteiger partial charge in [-0.1, -0.05) is 15.9 Å². The highest BCUT2D eigenvalue weighted by Gasteiger charge is 2.13. The van der Waals surface area contributed by atoms with Gasteiger partial charge >= 0.3 is 0 Å². The molecule has 0 amide bonds. The lowest BCUT2D eigenvalue weighted by molar-refractivity contribution is 0.467. The van der Waals surface area contributed by atoms with E-state index in [2.05, 4.69) is 25.9 Å². The molecule has 0 aliphatic heterocycles. The van der Waals surface area contributed by atoms with E-state index in [9.17, 15) is 0 Å². The zero-order valence-electron chi connectivity index (χ0n) is 11.7. The van der Waals surface area contributed by atoms with Crippen molar-refractivity contribution in [2.75, 3.05) is 0 Å². The summed E-state index contributed by atoms with van der Waals surface area (Å²) in [5.41, 5.74) is 2.23. The van der Waals surface area contributed by atoms with Crippen molar-refractivity contribution in [3.63, 3.8) is 0 Å². The van der Waals surface area contributed by atoms with Gasteiger partial charge in [0.05, 0.1) is 5.39 Å². The maximum atomic E-state index is 5.98. The zero-order chi connectivity index (χ0) is 15.1. The largest absolute Gasteiger partial charge is 0.438 e. The van der Waals surface area contributed by atoms with Crippen LogP contribution in [0.15, 0.2) is 22.7 Å². The Hall–Kier alpha value is -1.17. The van der Waals surface area contributed by atoms with Crippen molar-refractivity contribution in [3.8, 4) is 11.6 Å². The number of hydrogen-bond acceptors (Lipinski definition) is 4. The van der Waals surface area contributed by atoms with Crippen molar-refractivity contribution in [1.29, 1.82) is 0 Å². The van der Waals surface area contributed by atoms with Crippen LogP contribution >= 0.6 is 38.9 Å². The molecule has 0 fully saturated rings. The third-order valence-corrected chi connectivity index (χ3v) is 5.44. The minimum Gasteiger partial charge on any atom is -0.438 e. The molecule has 3 aromatic rings. The molecule has 6 heteroatoms. The van der Waals surface area contributed by atoms with Crippen LogP contribution in [0.3, 0.4) is 0 Å². The molecule has 2 heterocycles. The van der Waals surface area contributed by atoms with Crippen LogP contribution in [-0.2, 0) is 0 Å². The fourth-order valence-electron chi connectivity index (χ4n) is 2.15. The van der Waals surface area contributed by atoms with E-state index in [0.29, 0.717) is 5.88 Å². The standard InChI is InChI=1S/C15H12BrClN2OS/c1-7-4-10(5-8(2)12(7)16)20-13-11-6-9(3)21-14(11)19-15(17)18-13/h4-6H,1-3H3. The molecule has 21 heavy (non-hydrogen) atoms. The fourth-order valence-corrected chi connectivity index (χ4v) is 3.46. The first-order valence-electron chi connectivity index (χ1n) is 6.32. The molecule has 0 N–H and O–H groups in total. The number of halogens is 2.